The molecule has 134 valence electrons. The fraction of sp³-hybridized carbons (Fsp3) is 0.273. The van der Waals surface area contributed by atoms with E-state index in [2.05, 4.69) is 23.3 Å². The van der Waals surface area contributed by atoms with Gasteiger partial charge in [-0.05, 0) is 67.0 Å². The Morgan fingerprint density at radius 1 is 1.00 bits per heavy atom. The van der Waals surface area contributed by atoms with Crippen molar-refractivity contribution in [3.63, 3.8) is 0 Å². The molecule has 4 nitrogen and oxygen atoms in total. The van der Waals surface area contributed by atoms with E-state index in [1.807, 2.05) is 49.4 Å². The van der Waals surface area contributed by atoms with Crippen molar-refractivity contribution in [2.45, 2.75) is 33.1 Å². The highest BCUT2D eigenvalue weighted by molar-refractivity contribution is 5.81. The number of aromatic amines is 1. The first-order valence-electron chi connectivity index (χ1n) is 8.97. The lowest BCUT2D eigenvalue weighted by atomic mass is 10.0. The summed E-state index contributed by atoms with van der Waals surface area (Å²) >= 11 is 0. The Balaban J connectivity index is 1.58. The molecule has 4 heteroatoms. The smallest absolute Gasteiger partial charge is 0.251 e. The first-order valence-corrected chi connectivity index (χ1v) is 8.97. The molecule has 26 heavy (non-hydrogen) atoms. The molecule has 3 aromatic rings. The summed E-state index contributed by atoms with van der Waals surface area (Å²) < 4.78 is 0. The van der Waals surface area contributed by atoms with Gasteiger partial charge in [-0.25, -0.2) is 0 Å². The molecule has 0 atom stereocenters. The van der Waals surface area contributed by atoms with E-state index in [-0.39, 0.29) is 11.5 Å². The minimum absolute atomic E-state index is 0.0273. The number of pyridine rings is 1. The van der Waals surface area contributed by atoms with E-state index in [1.54, 1.807) is 0 Å². The Hall–Kier alpha value is -2.88. The highest BCUT2D eigenvalue weighted by Crippen LogP contribution is 2.17. The molecule has 0 aliphatic heterocycles. The van der Waals surface area contributed by atoms with Crippen molar-refractivity contribution in [1.82, 2.24) is 10.3 Å². The lowest BCUT2D eigenvalue weighted by Crippen LogP contribution is -2.26. The molecule has 0 saturated carbocycles. The average Bonchev–Trinajstić information content (AvgIpc) is 2.62. The normalized spacial score (nSPS) is 10.8. The van der Waals surface area contributed by atoms with Gasteiger partial charge in [0.05, 0.1) is 0 Å². The predicted molar refractivity (Wildman–Crippen MR) is 106 cm³/mol. The average molecular weight is 348 g/mol. The molecule has 2 aromatic carbocycles. The van der Waals surface area contributed by atoms with Crippen LogP contribution in [0.15, 0.2) is 53.3 Å². The summed E-state index contributed by atoms with van der Waals surface area (Å²) in [6.45, 7) is 4.69. The molecule has 0 radical (unpaired) electrons. The third kappa shape index (κ3) is 4.39. The molecule has 0 fully saturated rings. The van der Waals surface area contributed by atoms with Gasteiger partial charge >= 0.3 is 0 Å². The highest BCUT2D eigenvalue weighted by atomic mass is 16.1. The van der Waals surface area contributed by atoms with Crippen LogP contribution in [0.1, 0.15) is 28.7 Å². The van der Waals surface area contributed by atoms with Crippen LogP contribution >= 0.6 is 0 Å². The van der Waals surface area contributed by atoms with E-state index in [0.717, 1.165) is 22.9 Å². The second-order valence-corrected chi connectivity index (χ2v) is 6.73. The Morgan fingerprint density at radius 3 is 2.50 bits per heavy atom. The molecule has 0 unspecified atom stereocenters. The van der Waals surface area contributed by atoms with Gasteiger partial charge in [0.15, 0.2) is 0 Å². The monoisotopic (exact) mass is 348 g/mol. The number of amides is 1. The van der Waals surface area contributed by atoms with Crippen LogP contribution in [0, 0.1) is 13.8 Å². The zero-order valence-electron chi connectivity index (χ0n) is 15.3. The molecule has 1 aromatic heterocycles. The third-order valence-corrected chi connectivity index (χ3v) is 4.74. The standard InChI is InChI=1S/C22H24N2O2/c1-15-12-19-14-18(22(26)24-20(19)13-16(15)2)8-9-21(25)23-11-10-17-6-4-3-5-7-17/h3-7,12-14H,8-11H2,1-2H3,(H,23,25)(H,24,26). The van der Waals surface area contributed by atoms with E-state index in [0.29, 0.717) is 24.9 Å². The summed E-state index contributed by atoms with van der Waals surface area (Å²) in [6.07, 6.45) is 1.56. The molecule has 3 rings (SSSR count). The molecule has 1 amide bonds. The van der Waals surface area contributed by atoms with Crippen LogP contribution in [0.25, 0.3) is 10.9 Å². The summed E-state index contributed by atoms with van der Waals surface area (Å²) in [5.74, 6) is -0.0273. The van der Waals surface area contributed by atoms with Crippen molar-refractivity contribution in [2.75, 3.05) is 6.54 Å². The SMILES string of the molecule is Cc1cc2cc(CCC(=O)NCCc3ccccc3)c(=O)[nH]c2cc1C. The molecular weight excluding hydrogens is 324 g/mol. The minimum Gasteiger partial charge on any atom is -0.356 e. The van der Waals surface area contributed by atoms with E-state index in [1.165, 1.54) is 11.1 Å². The minimum atomic E-state index is -0.113. The number of hydrogen-bond acceptors (Lipinski definition) is 2. The number of carbonyl (C=O) groups excluding carboxylic acids is 1. The maximum atomic E-state index is 12.3. The first kappa shape index (κ1) is 17.9. The highest BCUT2D eigenvalue weighted by Gasteiger charge is 2.08. The number of rotatable bonds is 6. The van der Waals surface area contributed by atoms with Gasteiger partial charge in [-0.15, -0.1) is 0 Å². The van der Waals surface area contributed by atoms with Crippen LogP contribution in [-0.4, -0.2) is 17.4 Å². The van der Waals surface area contributed by atoms with Crippen molar-refractivity contribution in [1.29, 1.82) is 0 Å². The van der Waals surface area contributed by atoms with Gasteiger partial charge in [0.1, 0.15) is 0 Å². The molecule has 0 aliphatic rings. The summed E-state index contributed by atoms with van der Waals surface area (Å²) in [5.41, 5.74) is 4.92. The third-order valence-electron chi connectivity index (χ3n) is 4.74. The number of aromatic nitrogens is 1. The Kier molecular flexibility index (Phi) is 5.52. The zero-order chi connectivity index (χ0) is 18.5. The second kappa shape index (κ2) is 8.00. The Bertz CT molecular complexity index is 975. The number of fused-ring (bicyclic) bond motifs is 1. The molecule has 1 heterocycles. The van der Waals surface area contributed by atoms with Crippen molar-refractivity contribution in [3.05, 3.63) is 81.1 Å². The van der Waals surface area contributed by atoms with Crippen LogP contribution in [0.2, 0.25) is 0 Å². The molecule has 0 saturated heterocycles. The van der Waals surface area contributed by atoms with Crippen LogP contribution in [0.3, 0.4) is 0 Å². The van der Waals surface area contributed by atoms with E-state index in [9.17, 15) is 9.59 Å². The molecular formula is C22H24N2O2. The van der Waals surface area contributed by atoms with Gasteiger partial charge in [0, 0.05) is 24.0 Å². The van der Waals surface area contributed by atoms with Crippen LogP contribution in [-0.2, 0) is 17.6 Å². The van der Waals surface area contributed by atoms with Gasteiger partial charge in [-0.2, -0.15) is 0 Å². The van der Waals surface area contributed by atoms with E-state index < -0.39 is 0 Å². The van der Waals surface area contributed by atoms with Crippen molar-refractivity contribution in [3.8, 4) is 0 Å². The van der Waals surface area contributed by atoms with Crippen LogP contribution in [0.4, 0.5) is 0 Å². The van der Waals surface area contributed by atoms with Gasteiger partial charge in [0.25, 0.3) is 5.56 Å². The van der Waals surface area contributed by atoms with Crippen molar-refractivity contribution in [2.24, 2.45) is 0 Å². The number of hydrogen-bond donors (Lipinski definition) is 2. The fourth-order valence-electron chi connectivity index (χ4n) is 3.04. The molecule has 0 bridgehead atoms. The molecule has 0 aliphatic carbocycles. The number of carbonyl (C=O) groups is 1. The number of benzene rings is 2. The Labute approximate surface area is 153 Å². The van der Waals surface area contributed by atoms with Crippen molar-refractivity contribution < 1.29 is 4.79 Å². The largest absolute Gasteiger partial charge is 0.356 e. The zero-order valence-corrected chi connectivity index (χ0v) is 15.3. The van der Waals surface area contributed by atoms with E-state index in [4.69, 9.17) is 0 Å². The maximum Gasteiger partial charge on any atom is 0.251 e. The lowest BCUT2D eigenvalue weighted by Gasteiger charge is -2.07. The lowest BCUT2D eigenvalue weighted by molar-refractivity contribution is -0.121. The van der Waals surface area contributed by atoms with Crippen molar-refractivity contribution >= 4 is 16.8 Å². The first-order chi connectivity index (χ1) is 12.5. The van der Waals surface area contributed by atoms with Crippen LogP contribution < -0.4 is 10.9 Å². The summed E-state index contributed by atoms with van der Waals surface area (Å²) in [7, 11) is 0. The number of nitrogens with one attached hydrogen (secondary N) is 2. The second-order valence-electron chi connectivity index (χ2n) is 6.73. The fourth-order valence-corrected chi connectivity index (χ4v) is 3.04. The topological polar surface area (TPSA) is 62.0 Å². The van der Waals surface area contributed by atoms with Crippen LogP contribution in [0.5, 0.6) is 0 Å². The maximum absolute atomic E-state index is 12.3. The van der Waals surface area contributed by atoms with E-state index >= 15 is 0 Å². The summed E-state index contributed by atoms with van der Waals surface area (Å²) in [6, 6.07) is 16.0. The number of aryl methyl sites for hydroxylation is 3. The van der Waals surface area contributed by atoms with Gasteiger partial charge in [-0.3, -0.25) is 9.59 Å². The summed E-state index contributed by atoms with van der Waals surface area (Å²) in [5, 5.41) is 3.93. The molecule has 2 N–H and O–H groups in total. The molecule has 0 spiro atoms. The Morgan fingerprint density at radius 2 is 1.73 bits per heavy atom. The number of H-pyrrole nitrogens is 1. The van der Waals surface area contributed by atoms with Gasteiger partial charge < -0.3 is 10.3 Å². The quantitative estimate of drug-likeness (QED) is 0.717. The summed E-state index contributed by atoms with van der Waals surface area (Å²) in [4.78, 5) is 27.2. The van der Waals surface area contributed by atoms with Gasteiger partial charge in [-0.1, -0.05) is 30.3 Å². The van der Waals surface area contributed by atoms with Gasteiger partial charge in [0.2, 0.25) is 5.91 Å². The predicted octanol–water partition coefficient (Wildman–Crippen LogP) is 3.44.